The first-order valence-corrected chi connectivity index (χ1v) is 5.63. The topological polar surface area (TPSA) is 32.7 Å². The zero-order valence-corrected chi connectivity index (χ0v) is 9.04. The van der Waals surface area contributed by atoms with E-state index in [9.17, 15) is 5.11 Å². The van der Waals surface area contributed by atoms with Crippen molar-refractivity contribution in [1.29, 1.82) is 0 Å². The zero-order chi connectivity index (χ0) is 10.0. The third-order valence-corrected chi connectivity index (χ3v) is 3.66. The maximum Gasteiger partial charge on any atom is 0.0586 e. The van der Waals surface area contributed by atoms with Crippen LogP contribution in [0.3, 0.4) is 0 Å². The molecule has 14 heavy (non-hydrogen) atoms. The van der Waals surface area contributed by atoms with E-state index in [1.807, 2.05) is 0 Å². The highest BCUT2D eigenvalue weighted by molar-refractivity contribution is 4.97. The zero-order valence-electron chi connectivity index (χ0n) is 9.04. The van der Waals surface area contributed by atoms with Crippen molar-refractivity contribution in [1.82, 2.24) is 4.90 Å². The smallest absolute Gasteiger partial charge is 0.0586 e. The van der Waals surface area contributed by atoms with Crippen LogP contribution in [0.1, 0.15) is 25.7 Å². The van der Waals surface area contributed by atoms with Crippen molar-refractivity contribution in [2.45, 2.75) is 31.7 Å². The number of likely N-dealkylation sites (tertiary alicyclic amines) is 1. The van der Waals surface area contributed by atoms with E-state index in [2.05, 4.69) is 4.90 Å². The number of hydrogen-bond acceptors (Lipinski definition) is 3. The first-order valence-electron chi connectivity index (χ1n) is 5.63. The summed E-state index contributed by atoms with van der Waals surface area (Å²) in [6.45, 7) is 3.51. The van der Waals surface area contributed by atoms with Crippen LogP contribution >= 0.6 is 0 Å². The van der Waals surface area contributed by atoms with Gasteiger partial charge in [0.25, 0.3) is 0 Å². The van der Waals surface area contributed by atoms with Crippen LogP contribution in [0.5, 0.6) is 0 Å². The van der Waals surface area contributed by atoms with Gasteiger partial charge in [-0.2, -0.15) is 0 Å². The molecule has 1 atom stereocenters. The van der Waals surface area contributed by atoms with Gasteiger partial charge in [0, 0.05) is 25.1 Å². The van der Waals surface area contributed by atoms with Gasteiger partial charge in [-0.1, -0.05) is 0 Å². The molecule has 0 unspecified atom stereocenters. The molecule has 1 N–H and O–H groups in total. The van der Waals surface area contributed by atoms with Crippen LogP contribution in [0.4, 0.5) is 0 Å². The fraction of sp³-hybridized carbons (Fsp3) is 1.00. The van der Waals surface area contributed by atoms with Gasteiger partial charge < -0.3 is 9.84 Å². The van der Waals surface area contributed by atoms with Crippen LogP contribution in [0.25, 0.3) is 0 Å². The van der Waals surface area contributed by atoms with Gasteiger partial charge in [0.2, 0.25) is 0 Å². The third-order valence-electron chi connectivity index (χ3n) is 3.66. The van der Waals surface area contributed by atoms with Crippen LogP contribution < -0.4 is 0 Å². The third kappa shape index (κ3) is 2.10. The lowest BCUT2D eigenvalue weighted by atomic mass is 10.1. The van der Waals surface area contributed by atoms with E-state index >= 15 is 0 Å². The summed E-state index contributed by atoms with van der Waals surface area (Å²) in [5.41, 5.74) is 0.437. The molecule has 0 aromatic heterocycles. The average molecular weight is 199 g/mol. The van der Waals surface area contributed by atoms with Crippen molar-refractivity contribution >= 4 is 0 Å². The predicted molar refractivity (Wildman–Crippen MR) is 55.2 cm³/mol. The standard InChI is InChI=1S/C11H21NO2/c1-14-9-11(4-5-11)8-12-6-2-3-10(12)7-13/h10,13H,2-9H2,1H3/t10-/m0/s1. The minimum atomic E-state index is 0.322. The van der Waals surface area contributed by atoms with E-state index in [1.165, 1.54) is 25.7 Å². The Morgan fingerprint density at radius 3 is 2.86 bits per heavy atom. The Labute approximate surface area is 86.0 Å². The quantitative estimate of drug-likeness (QED) is 0.713. The molecule has 0 aromatic carbocycles. The minimum Gasteiger partial charge on any atom is -0.395 e. The van der Waals surface area contributed by atoms with Crippen LogP contribution in [0.2, 0.25) is 0 Å². The molecule has 2 rings (SSSR count). The highest BCUT2D eigenvalue weighted by atomic mass is 16.5. The molecule has 1 heterocycles. The Morgan fingerprint density at radius 1 is 1.50 bits per heavy atom. The molecule has 2 aliphatic rings. The maximum atomic E-state index is 9.21. The normalized spacial score (nSPS) is 30.9. The molecule has 3 nitrogen and oxygen atoms in total. The van der Waals surface area contributed by atoms with Crippen LogP contribution in [-0.4, -0.2) is 49.5 Å². The van der Waals surface area contributed by atoms with E-state index in [0.717, 1.165) is 19.7 Å². The SMILES string of the molecule is COCC1(CN2CCC[C@H]2CO)CC1. The molecule has 1 aliphatic heterocycles. The summed E-state index contributed by atoms with van der Waals surface area (Å²) >= 11 is 0. The largest absolute Gasteiger partial charge is 0.395 e. The van der Waals surface area contributed by atoms with E-state index in [0.29, 0.717) is 18.1 Å². The molecular weight excluding hydrogens is 178 g/mol. The summed E-state index contributed by atoms with van der Waals surface area (Å²) in [6, 6.07) is 0.421. The summed E-state index contributed by atoms with van der Waals surface area (Å²) < 4.78 is 5.26. The molecule has 2 fully saturated rings. The van der Waals surface area contributed by atoms with Gasteiger partial charge >= 0.3 is 0 Å². The molecular formula is C11H21NO2. The van der Waals surface area contributed by atoms with Crippen molar-refractivity contribution in [2.24, 2.45) is 5.41 Å². The minimum absolute atomic E-state index is 0.322. The van der Waals surface area contributed by atoms with Crippen LogP contribution in [-0.2, 0) is 4.74 Å². The monoisotopic (exact) mass is 199 g/mol. The average Bonchev–Trinajstić information content (AvgIpc) is 2.79. The van der Waals surface area contributed by atoms with Crippen LogP contribution in [0, 0.1) is 5.41 Å². The number of aliphatic hydroxyl groups excluding tert-OH is 1. The summed E-state index contributed by atoms with van der Waals surface area (Å²) in [5, 5.41) is 9.21. The second-order valence-corrected chi connectivity index (χ2v) is 4.88. The second-order valence-electron chi connectivity index (χ2n) is 4.88. The molecule has 0 aromatic rings. The second kappa shape index (κ2) is 4.17. The van der Waals surface area contributed by atoms with Gasteiger partial charge in [0.15, 0.2) is 0 Å². The van der Waals surface area contributed by atoms with Crippen molar-refractivity contribution in [3.63, 3.8) is 0 Å². The van der Waals surface area contributed by atoms with Crippen molar-refractivity contribution in [2.75, 3.05) is 33.4 Å². The highest BCUT2D eigenvalue weighted by Crippen LogP contribution is 2.47. The van der Waals surface area contributed by atoms with E-state index < -0.39 is 0 Å². The van der Waals surface area contributed by atoms with Crippen molar-refractivity contribution in [3.05, 3.63) is 0 Å². The molecule has 1 aliphatic carbocycles. The first-order chi connectivity index (χ1) is 6.79. The molecule has 0 radical (unpaired) electrons. The molecule has 82 valence electrons. The summed E-state index contributed by atoms with van der Waals surface area (Å²) in [4.78, 5) is 2.45. The van der Waals surface area contributed by atoms with E-state index in [4.69, 9.17) is 4.74 Å². The highest BCUT2D eigenvalue weighted by Gasteiger charge is 2.45. The lowest BCUT2D eigenvalue weighted by Crippen LogP contribution is -2.38. The van der Waals surface area contributed by atoms with Gasteiger partial charge in [-0.25, -0.2) is 0 Å². The summed E-state index contributed by atoms with van der Waals surface area (Å²) in [5.74, 6) is 0. The van der Waals surface area contributed by atoms with Crippen LogP contribution in [0.15, 0.2) is 0 Å². The Hall–Kier alpha value is -0.120. The van der Waals surface area contributed by atoms with E-state index in [1.54, 1.807) is 7.11 Å². The first kappa shape index (κ1) is 10.4. The number of rotatable bonds is 5. The van der Waals surface area contributed by atoms with E-state index in [-0.39, 0.29) is 0 Å². The number of methoxy groups -OCH3 is 1. The number of aliphatic hydroxyl groups is 1. The Balaban J connectivity index is 1.84. The van der Waals surface area contributed by atoms with Crippen molar-refractivity contribution < 1.29 is 9.84 Å². The molecule has 1 saturated carbocycles. The lowest BCUT2D eigenvalue weighted by Gasteiger charge is -2.27. The van der Waals surface area contributed by atoms with Gasteiger partial charge in [0.05, 0.1) is 13.2 Å². The molecule has 0 bridgehead atoms. The fourth-order valence-corrected chi connectivity index (χ4v) is 2.57. The van der Waals surface area contributed by atoms with Crippen molar-refractivity contribution in [3.8, 4) is 0 Å². The number of nitrogens with zero attached hydrogens (tertiary/aromatic N) is 1. The fourth-order valence-electron chi connectivity index (χ4n) is 2.57. The summed E-state index contributed by atoms with van der Waals surface area (Å²) in [7, 11) is 1.79. The van der Waals surface area contributed by atoms with Gasteiger partial charge in [-0.15, -0.1) is 0 Å². The molecule has 0 amide bonds. The summed E-state index contributed by atoms with van der Waals surface area (Å²) in [6.07, 6.45) is 5.01. The molecule has 0 spiro atoms. The Bertz CT molecular complexity index is 192. The maximum absolute atomic E-state index is 9.21. The molecule has 1 saturated heterocycles. The number of hydrogen-bond donors (Lipinski definition) is 1. The predicted octanol–water partition coefficient (Wildman–Crippen LogP) is 0.870. The Morgan fingerprint density at radius 2 is 2.29 bits per heavy atom. The number of ether oxygens (including phenoxy) is 1. The van der Waals surface area contributed by atoms with Gasteiger partial charge in [0.1, 0.15) is 0 Å². The van der Waals surface area contributed by atoms with Gasteiger partial charge in [-0.05, 0) is 32.2 Å². The molecule has 3 heteroatoms. The van der Waals surface area contributed by atoms with Gasteiger partial charge in [-0.3, -0.25) is 4.90 Å². The Kier molecular flexibility index (Phi) is 3.10. The lowest BCUT2D eigenvalue weighted by molar-refractivity contribution is 0.0873.